The summed E-state index contributed by atoms with van der Waals surface area (Å²) in [5.74, 6) is 6.32. The topological polar surface area (TPSA) is 138 Å². The van der Waals surface area contributed by atoms with Crippen LogP contribution in [0.3, 0.4) is 0 Å². The molecule has 1 saturated carbocycles. The molecule has 1 fully saturated rings. The number of carbonyl (C=O) groups excluding carboxylic acids is 1. The van der Waals surface area contributed by atoms with E-state index in [1.54, 1.807) is 48.5 Å². The number of amides is 1. The van der Waals surface area contributed by atoms with Crippen LogP contribution in [0, 0.1) is 11.8 Å². The van der Waals surface area contributed by atoms with Crippen molar-refractivity contribution in [3.05, 3.63) is 82.2 Å². The molecular weight excluding hydrogens is 470 g/mol. The Morgan fingerprint density at radius 2 is 2.08 bits per heavy atom. The molecular formula is C26H23N9O2. The molecule has 37 heavy (non-hydrogen) atoms. The Bertz CT molecular complexity index is 1810. The SMILES string of the molecule is C[C@@H](NC(=O)c1c(N)nn2cccnc12)c1nc2cccc(C#Cc3cncn3C)c2c(=O)n1C1CC1. The summed E-state index contributed by atoms with van der Waals surface area (Å²) in [4.78, 5) is 40.2. The van der Waals surface area contributed by atoms with Gasteiger partial charge in [-0.05, 0) is 43.9 Å². The maximum Gasteiger partial charge on any atom is 0.262 e. The first-order valence-electron chi connectivity index (χ1n) is 11.9. The van der Waals surface area contributed by atoms with Crippen molar-refractivity contribution < 1.29 is 4.79 Å². The number of carbonyl (C=O) groups is 1. The second-order valence-corrected chi connectivity index (χ2v) is 9.06. The van der Waals surface area contributed by atoms with Gasteiger partial charge in [-0.1, -0.05) is 12.0 Å². The number of rotatable bonds is 4. The first kappa shape index (κ1) is 22.5. The minimum atomic E-state index is -0.576. The predicted molar refractivity (Wildman–Crippen MR) is 137 cm³/mol. The third-order valence-electron chi connectivity index (χ3n) is 6.40. The Morgan fingerprint density at radius 3 is 2.84 bits per heavy atom. The predicted octanol–water partition coefficient (Wildman–Crippen LogP) is 1.98. The number of hydrogen-bond donors (Lipinski definition) is 2. The van der Waals surface area contributed by atoms with Crippen molar-refractivity contribution in [2.75, 3.05) is 5.73 Å². The van der Waals surface area contributed by atoms with Gasteiger partial charge in [-0.15, -0.1) is 5.10 Å². The van der Waals surface area contributed by atoms with Crippen LogP contribution in [-0.2, 0) is 7.05 Å². The van der Waals surface area contributed by atoms with E-state index < -0.39 is 11.9 Å². The summed E-state index contributed by atoms with van der Waals surface area (Å²) < 4.78 is 4.96. The van der Waals surface area contributed by atoms with E-state index in [1.807, 2.05) is 23.7 Å². The van der Waals surface area contributed by atoms with E-state index in [4.69, 9.17) is 10.7 Å². The van der Waals surface area contributed by atoms with Crippen molar-refractivity contribution in [1.82, 2.24) is 39.0 Å². The summed E-state index contributed by atoms with van der Waals surface area (Å²) in [6, 6.07) is 6.58. The fraction of sp³-hybridized carbons (Fsp3) is 0.231. The number of benzene rings is 1. The highest BCUT2D eigenvalue weighted by Crippen LogP contribution is 2.36. The van der Waals surface area contributed by atoms with Crippen LogP contribution in [0.25, 0.3) is 16.6 Å². The Hall–Kier alpha value is -4.98. The molecule has 4 heterocycles. The van der Waals surface area contributed by atoms with Crippen LogP contribution in [0.15, 0.2) is 54.0 Å². The van der Waals surface area contributed by atoms with Gasteiger partial charge in [-0.25, -0.2) is 19.5 Å². The molecule has 0 radical (unpaired) electrons. The molecule has 0 bridgehead atoms. The maximum absolute atomic E-state index is 13.8. The fourth-order valence-corrected chi connectivity index (χ4v) is 4.42. The average Bonchev–Trinajstić information content (AvgIpc) is 3.54. The van der Waals surface area contributed by atoms with E-state index in [1.165, 1.54) is 4.52 Å². The molecule has 3 N–H and O–H groups in total. The minimum absolute atomic E-state index is 0.0283. The third kappa shape index (κ3) is 3.88. The standard InChI is InChI=1S/C26H23N9O2/c1-15(30-25(36)21-22(27)32-34-12-4-11-29-24(21)34)23-31-19-6-3-5-16(7-8-18-13-28-14-33(18)2)20(19)26(37)35(23)17-9-10-17/h3-6,11-15,17H,9-10H2,1-2H3,(H2,27,32)(H,30,36)/t15-/m1/s1. The van der Waals surface area contributed by atoms with Crippen LogP contribution in [-0.4, -0.2) is 39.6 Å². The van der Waals surface area contributed by atoms with E-state index in [2.05, 4.69) is 32.2 Å². The van der Waals surface area contributed by atoms with Gasteiger partial charge in [0, 0.05) is 31.0 Å². The number of imidazole rings is 1. The van der Waals surface area contributed by atoms with Crippen LogP contribution in [0.5, 0.6) is 0 Å². The number of nitrogens with two attached hydrogens (primary N) is 1. The van der Waals surface area contributed by atoms with E-state index >= 15 is 0 Å². The number of anilines is 1. The van der Waals surface area contributed by atoms with Gasteiger partial charge in [-0.2, -0.15) is 0 Å². The minimum Gasteiger partial charge on any atom is -0.381 e. The van der Waals surface area contributed by atoms with Gasteiger partial charge in [0.05, 0.1) is 29.5 Å². The van der Waals surface area contributed by atoms with Gasteiger partial charge in [0.15, 0.2) is 11.5 Å². The molecule has 4 aromatic heterocycles. The maximum atomic E-state index is 13.8. The van der Waals surface area contributed by atoms with E-state index in [9.17, 15) is 9.59 Å². The normalized spacial score (nSPS) is 13.9. The largest absolute Gasteiger partial charge is 0.381 e. The second-order valence-electron chi connectivity index (χ2n) is 9.06. The van der Waals surface area contributed by atoms with Gasteiger partial charge in [0.2, 0.25) is 0 Å². The summed E-state index contributed by atoms with van der Waals surface area (Å²) in [5, 5.41) is 7.56. The quantitative estimate of drug-likeness (QED) is 0.365. The van der Waals surface area contributed by atoms with Crippen molar-refractivity contribution in [2.45, 2.75) is 31.8 Å². The number of nitrogens with one attached hydrogen (secondary N) is 1. The molecule has 0 spiro atoms. The van der Waals surface area contributed by atoms with Crippen molar-refractivity contribution in [2.24, 2.45) is 7.05 Å². The smallest absolute Gasteiger partial charge is 0.262 e. The highest BCUT2D eigenvalue weighted by Gasteiger charge is 2.31. The zero-order valence-corrected chi connectivity index (χ0v) is 20.2. The fourth-order valence-electron chi connectivity index (χ4n) is 4.42. The summed E-state index contributed by atoms with van der Waals surface area (Å²) >= 11 is 0. The molecule has 184 valence electrons. The van der Waals surface area contributed by atoms with Gasteiger partial charge in [-0.3, -0.25) is 14.2 Å². The Labute approximate surface area is 211 Å². The van der Waals surface area contributed by atoms with Crippen molar-refractivity contribution in [1.29, 1.82) is 0 Å². The van der Waals surface area contributed by atoms with E-state index in [0.717, 1.165) is 18.5 Å². The van der Waals surface area contributed by atoms with Crippen molar-refractivity contribution >= 4 is 28.3 Å². The van der Waals surface area contributed by atoms with Gasteiger partial charge < -0.3 is 15.6 Å². The van der Waals surface area contributed by atoms with Crippen LogP contribution in [0.4, 0.5) is 5.82 Å². The monoisotopic (exact) mass is 493 g/mol. The van der Waals surface area contributed by atoms with Gasteiger partial charge >= 0.3 is 0 Å². The number of hydrogen-bond acceptors (Lipinski definition) is 7. The molecule has 1 aromatic carbocycles. The third-order valence-corrected chi connectivity index (χ3v) is 6.40. The first-order chi connectivity index (χ1) is 17.9. The molecule has 5 aromatic rings. The Kier molecular flexibility index (Phi) is 5.22. The molecule has 11 heteroatoms. The van der Waals surface area contributed by atoms with Crippen LogP contribution >= 0.6 is 0 Å². The summed E-state index contributed by atoms with van der Waals surface area (Å²) in [6.07, 6.45) is 8.33. The van der Waals surface area contributed by atoms with Crippen LogP contribution in [0.1, 0.15) is 59.3 Å². The zero-order valence-electron chi connectivity index (χ0n) is 20.2. The summed E-state index contributed by atoms with van der Waals surface area (Å²) in [5.41, 5.74) is 8.24. The molecule has 1 amide bonds. The number of nitrogen functional groups attached to an aromatic ring is 1. The lowest BCUT2D eigenvalue weighted by Gasteiger charge is -2.19. The lowest BCUT2D eigenvalue weighted by Crippen LogP contribution is -2.34. The molecule has 6 rings (SSSR count). The molecule has 0 saturated heterocycles. The molecule has 1 aliphatic carbocycles. The molecule has 11 nitrogen and oxygen atoms in total. The van der Waals surface area contributed by atoms with E-state index in [-0.39, 0.29) is 23.0 Å². The lowest BCUT2D eigenvalue weighted by molar-refractivity contribution is 0.0939. The van der Waals surface area contributed by atoms with Crippen molar-refractivity contribution in [3.8, 4) is 11.8 Å². The first-order valence-corrected chi connectivity index (χ1v) is 11.9. The Morgan fingerprint density at radius 1 is 1.24 bits per heavy atom. The average molecular weight is 494 g/mol. The molecule has 1 aliphatic rings. The zero-order chi connectivity index (χ0) is 25.7. The molecule has 0 unspecified atom stereocenters. The van der Waals surface area contributed by atoms with Gasteiger partial charge in [0.1, 0.15) is 17.1 Å². The summed E-state index contributed by atoms with van der Waals surface area (Å²) in [7, 11) is 1.86. The van der Waals surface area contributed by atoms with E-state index in [0.29, 0.717) is 27.9 Å². The number of aryl methyl sites for hydroxylation is 1. The van der Waals surface area contributed by atoms with Crippen LogP contribution in [0.2, 0.25) is 0 Å². The van der Waals surface area contributed by atoms with Crippen LogP contribution < -0.4 is 16.6 Å². The number of nitrogens with zero attached hydrogens (tertiary/aromatic N) is 7. The van der Waals surface area contributed by atoms with Crippen molar-refractivity contribution in [3.63, 3.8) is 0 Å². The van der Waals surface area contributed by atoms with Gasteiger partial charge in [0.25, 0.3) is 11.5 Å². The Balaban J connectivity index is 1.41. The molecule has 1 atom stereocenters. The highest BCUT2D eigenvalue weighted by atomic mass is 16.2. The highest BCUT2D eigenvalue weighted by molar-refractivity contribution is 6.04. The number of aromatic nitrogens is 7. The lowest BCUT2D eigenvalue weighted by atomic mass is 10.1. The summed E-state index contributed by atoms with van der Waals surface area (Å²) in [6.45, 7) is 1.80. The number of fused-ring (bicyclic) bond motifs is 2. The molecule has 0 aliphatic heterocycles. The second kappa shape index (κ2) is 8.60.